The van der Waals surface area contributed by atoms with Gasteiger partial charge in [0.05, 0.1) is 13.2 Å². The van der Waals surface area contributed by atoms with Crippen LogP contribution in [0, 0.1) is 0 Å². The molecule has 0 aliphatic carbocycles. The molecule has 1 aliphatic rings. The third-order valence-corrected chi connectivity index (χ3v) is 6.26. The monoisotopic (exact) mass is 571 g/mol. The van der Waals surface area contributed by atoms with Crippen molar-refractivity contribution >= 4 is 47.2 Å². The van der Waals surface area contributed by atoms with Crippen LogP contribution in [0.1, 0.15) is 36.2 Å². The van der Waals surface area contributed by atoms with Gasteiger partial charge in [0.2, 0.25) is 5.91 Å². The molecule has 1 atom stereocenters. The average Bonchev–Trinajstić information content (AvgIpc) is 3.51. The summed E-state index contributed by atoms with van der Waals surface area (Å²) in [5.74, 6) is 1.36. The standard InChI is InChI=1S/C23H33N5O2S.HI/c1-3-24-23(26-16-20(21-7-6-14-31-21)28-12-4-5-13-28)27-17-22(29)25-15-18-8-10-19(30-2)11-9-18;/h6-11,14,20H,3-5,12-13,15-17H2,1-2H3,(H,25,29)(H2,24,26,27);1H. The first-order valence-electron chi connectivity index (χ1n) is 10.9. The molecular formula is C23H34IN5O2S. The highest BCUT2D eigenvalue weighted by molar-refractivity contribution is 14.0. The number of rotatable bonds is 10. The number of hydrogen-bond donors (Lipinski definition) is 3. The second kappa shape index (κ2) is 14.3. The SMILES string of the molecule is CCNC(=NCC(=O)NCc1ccc(OC)cc1)NCC(c1cccs1)N1CCCC1.I. The molecule has 1 aliphatic heterocycles. The fourth-order valence-corrected chi connectivity index (χ4v) is 4.49. The predicted molar refractivity (Wildman–Crippen MR) is 142 cm³/mol. The Hall–Kier alpha value is -1.85. The number of thiophene rings is 1. The summed E-state index contributed by atoms with van der Waals surface area (Å²) in [7, 11) is 1.64. The fraction of sp³-hybridized carbons (Fsp3) is 0.478. The number of carbonyl (C=O) groups excluding carboxylic acids is 1. The Balaban J connectivity index is 0.00000363. The Kier molecular flexibility index (Phi) is 11.8. The van der Waals surface area contributed by atoms with E-state index in [0.717, 1.165) is 37.5 Å². The number of halogens is 1. The molecule has 1 unspecified atom stereocenters. The molecule has 1 aromatic carbocycles. The van der Waals surface area contributed by atoms with Crippen molar-refractivity contribution in [2.24, 2.45) is 4.99 Å². The molecule has 0 bridgehead atoms. The molecule has 9 heteroatoms. The van der Waals surface area contributed by atoms with E-state index in [1.54, 1.807) is 18.4 Å². The number of ether oxygens (including phenoxy) is 1. The topological polar surface area (TPSA) is 78.0 Å². The molecule has 0 radical (unpaired) electrons. The van der Waals surface area contributed by atoms with Gasteiger partial charge in [-0.3, -0.25) is 9.69 Å². The normalized spacial score (nSPS) is 15.0. The summed E-state index contributed by atoms with van der Waals surface area (Å²) >= 11 is 1.79. The van der Waals surface area contributed by atoms with E-state index in [-0.39, 0.29) is 36.4 Å². The van der Waals surface area contributed by atoms with Crippen LogP contribution in [-0.4, -0.2) is 56.6 Å². The van der Waals surface area contributed by atoms with Gasteiger partial charge in [-0.05, 0) is 62.0 Å². The van der Waals surface area contributed by atoms with Gasteiger partial charge < -0.3 is 20.7 Å². The summed E-state index contributed by atoms with van der Waals surface area (Å²) in [6.07, 6.45) is 2.51. The molecule has 1 amide bonds. The molecule has 1 aromatic heterocycles. The predicted octanol–water partition coefficient (Wildman–Crippen LogP) is 3.38. The van der Waals surface area contributed by atoms with Crippen molar-refractivity contribution in [3.05, 3.63) is 52.2 Å². The molecule has 0 saturated carbocycles. The maximum atomic E-state index is 12.3. The zero-order chi connectivity index (χ0) is 21.9. The maximum Gasteiger partial charge on any atom is 0.242 e. The van der Waals surface area contributed by atoms with E-state index in [4.69, 9.17) is 4.74 Å². The number of nitrogens with one attached hydrogen (secondary N) is 3. The van der Waals surface area contributed by atoms with Crippen LogP contribution in [0.25, 0.3) is 0 Å². The van der Waals surface area contributed by atoms with Crippen LogP contribution in [0.15, 0.2) is 46.8 Å². The fourth-order valence-electron chi connectivity index (χ4n) is 3.63. The van der Waals surface area contributed by atoms with Crippen molar-refractivity contribution < 1.29 is 9.53 Å². The first-order chi connectivity index (χ1) is 15.2. The van der Waals surface area contributed by atoms with Gasteiger partial charge in [0.1, 0.15) is 12.3 Å². The molecule has 3 rings (SSSR count). The lowest BCUT2D eigenvalue weighted by Crippen LogP contribution is -2.43. The summed E-state index contributed by atoms with van der Waals surface area (Å²) in [4.78, 5) is 20.7. The highest BCUT2D eigenvalue weighted by Gasteiger charge is 2.24. The number of carbonyl (C=O) groups is 1. The van der Waals surface area contributed by atoms with Crippen LogP contribution < -0.4 is 20.7 Å². The third kappa shape index (κ3) is 8.25. The van der Waals surface area contributed by atoms with Gasteiger partial charge in [-0.1, -0.05) is 18.2 Å². The largest absolute Gasteiger partial charge is 0.497 e. The maximum absolute atomic E-state index is 12.3. The molecule has 3 N–H and O–H groups in total. The number of nitrogens with zero attached hydrogens (tertiary/aromatic N) is 2. The van der Waals surface area contributed by atoms with Crippen molar-refractivity contribution in [1.82, 2.24) is 20.9 Å². The molecule has 2 aromatic rings. The van der Waals surface area contributed by atoms with Gasteiger partial charge in [0.15, 0.2) is 5.96 Å². The van der Waals surface area contributed by atoms with E-state index in [1.807, 2.05) is 31.2 Å². The number of amides is 1. The third-order valence-electron chi connectivity index (χ3n) is 5.29. The quantitative estimate of drug-likeness (QED) is 0.232. The number of guanidine groups is 1. The van der Waals surface area contributed by atoms with Crippen molar-refractivity contribution in [2.45, 2.75) is 32.4 Å². The Morgan fingerprint density at radius 3 is 2.53 bits per heavy atom. The van der Waals surface area contributed by atoms with Crippen LogP contribution in [0.5, 0.6) is 5.75 Å². The van der Waals surface area contributed by atoms with E-state index in [1.165, 1.54) is 17.7 Å². The smallest absolute Gasteiger partial charge is 0.242 e. The van der Waals surface area contributed by atoms with Gasteiger partial charge in [-0.25, -0.2) is 4.99 Å². The lowest BCUT2D eigenvalue weighted by molar-refractivity contribution is -0.119. The van der Waals surface area contributed by atoms with E-state index in [9.17, 15) is 4.79 Å². The van der Waals surface area contributed by atoms with E-state index in [0.29, 0.717) is 18.5 Å². The van der Waals surface area contributed by atoms with Gasteiger partial charge in [-0.15, -0.1) is 35.3 Å². The first-order valence-corrected chi connectivity index (χ1v) is 11.8. The molecule has 0 spiro atoms. The van der Waals surface area contributed by atoms with Crippen molar-refractivity contribution in [3.63, 3.8) is 0 Å². The second-order valence-electron chi connectivity index (χ2n) is 7.48. The van der Waals surface area contributed by atoms with Crippen molar-refractivity contribution in [2.75, 3.05) is 39.8 Å². The lowest BCUT2D eigenvalue weighted by atomic mass is 10.2. The van der Waals surface area contributed by atoms with E-state index in [2.05, 4.69) is 43.4 Å². The summed E-state index contributed by atoms with van der Waals surface area (Å²) in [6, 6.07) is 12.3. The summed E-state index contributed by atoms with van der Waals surface area (Å²) in [5.41, 5.74) is 1.02. The number of likely N-dealkylation sites (tertiary alicyclic amines) is 1. The van der Waals surface area contributed by atoms with Gasteiger partial charge in [0.25, 0.3) is 0 Å². The number of hydrogen-bond acceptors (Lipinski definition) is 5. The zero-order valence-electron chi connectivity index (χ0n) is 18.8. The van der Waals surface area contributed by atoms with Crippen LogP contribution in [-0.2, 0) is 11.3 Å². The van der Waals surface area contributed by atoms with Crippen LogP contribution in [0.3, 0.4) is 0 Å². The zero-order valence-corrected chi connectivity index (χ0v) is 21.9. The Morgan fingerprint density at radius 1 is 1.16 bits per heavy atom. The Labute approximate surface area is 212 Å². The minimum Gasteiger partial charge on any atom is -0.497 e. The number of aliphatic imine (C=N–C) groups is 1. The minimum absolute atomic E-state index is 0. The van der Waals surface area contributed by atoms with Crippen molar-refractivity contribution in [3.8, 4) is 5.75 Å². The molecule has 7 nitrogen and oxygen atoms in total. The highest BCUT2D eigenvalue weighted by atomic mass is 127. The van der Waals surface area contributed by atoms with Crippen LogP contribution in [0.2, 0.25) is 0 Å². The molecule has 176 valence electrons. The van der Waals surface area contributed by atoms with E-state index < -0.39 is 0 Å². The lowest BCUT2D eigenvalue weighted by Gasteiger charge is -2.27. The highest BCUT2D eigenvalue weighted by Crippen LogP contribution is 2.27. The van der Waals surface area contributed by atoms with Gasteiger partial charge in [0, 0.05) is 24.5 Å². The molecule has 2 heterocycles. The Bertz CT molecular complexity index is 823. The molecular weight excluding hydrogens is 537 g/mol. The molecule has 1 saturated heterocycles. The van der Waals surface area contributed by atoms with Gasteiger partial charge in [-0.2, -0.15) is 0 Å². The molecule has 32 heavy (non-hydrogen) atoms. The Morgan fingerprint density at radius 2 is 1.91 bits per heavy atom. The number of methoxy groups -OCH3 is 1. The minimum atomic E-state index is -0.109. The number of benzene rings is 1. The van der Waals surface area contributed by atoms with E-state index >= 15 is 0 Å². The summed E-state index contributed by atoms with van der Waals surface area (Å²) < 4.78 is 5.16. The summed E-state index contributed by atoms with van der Waals surface area (Å²) in [5, 5.41) is 11.7. The first kappa shape index (κ1) is 26.4. The summed E-state index contributed by atoms with van der Waals surface area (Å²) in [6.45, 7) is 6.35. The van der Waals surface area contributed by atoms with Crippen LogP contribution >= 0.6 is 35.3 Å². The molecule has 1 fully saturated rings. The van der Waals surface area contributed by atoms with Crippen LogP contribution in [0.4, 0.5) is 0 Å². The van der Waals surface area contributed by atoms with Crippen molar-refractivity contribution in [1.29, 1.82) is 0 Å². The second-order valence-corrected chi connectivity index (χ2v) is 8.45. The average molecular weight is 572 g/mol. The van der Waals surface area contributed by atoms with Gasteiger partial charge >= 0.3 is 0 Å².